The molecule has 0 radical (unpaired) electrons. The molecule has 0 saturated carbocycles. The molecule has 0 unspecified atom stereocenters. The topological polar surface area (TPSA) is 87.1 Å². The van der Waals surface area contributed by atoms with Crippen LogP contribution in [0.1, 0.15) is 31.7 Å². The molecule has 1 atom stereocenters. The van der Waals surface area contributed by atoms with Crippen molar-refractivity contribution in [2.75, 3.05) is 23.9 Å². The minimum Gasteiger partial charge on any atom is -0.394 e. The van der Waals surface area contributed by atoms with Crippen molar-refractivity contribution in [1.82, 2.24) is 15.3 Å². The highest BCUT2D eigenvalue weighted by atomic mass is 32.2. The molecule has 3 N–H and O–H groups in total. The zero-order valence-corrected chi connectivity index (χ0v) is 14.8. The van der Waals surface area contributed by atoms with Gasteiger partial charge < -0.3 is 15.7 Å². The summed E-state index contributed by atoms with van der Waals surface area (Å²) in [4.78, 5) is 21.1. The van der Waals surface area contributed by atoms with Gasteiger partial charge in [0.2, 0.25) is 11.9 Å². The number of anilines is 1. The maximum atomic E-state index is 12.4. The molecule has 0 aromatic carbocycles. The first-order valence-corrected chi connectivity index (χ1v) is 8.67. The standard InChI is InChI=1S/C15H26N4O2S/c1-10-8-11(2)17-14(16-10)18-12(6-7-22-5)13(21)19-15(3,4)9-20/h8,12,20H,6-7,9H2,1-5H3,(H,19,21)(H,16,17,18)/t12-/m1/s1. The van der Waals surface area contributed by atoms with Gasteiger partial charge in [0, 0.05) is 11.4 Å². The Kier molecular flexibility index (Phi) is 7.09. The zero-order chi connectivity index (χ0) is 16.8. The number of aliphatic hydroxyl groups is 1. The summed E-state index contributed by atoms with van der Waals surface area (Å²) in [6, 6.07) is 1.45. The lowest BCUT2D eigenvalue weighted by Gasteiger charge is -2.27. The van der Waals surface area contributed by atoms with E-state index in [0.717, 1.165) is 17.1 Å². The molecule has 22 heavy (non-hydrogen) atoms. The number of aliphatic hydroxyl groups excluding tert-OH is 1. The van der Waals surface area contributed by atoms with E-state index in [1.165, 1.54) is 0 Å². The van der Waals surface area contributed by atoms with Crippen molar-refractivity contribution in [2.45, 2.75) is 45.7 Å². The number of hydrogen-bond donors (Lipinski definition) is 3. The van der Waals surface area contributed by atoms with E-state index in [1.54, 1.807) is 25.6 Å². The first-order chi connectivity index (χ1) is 10.3. The summed E-state index contributed by atoms with van der Waals surface area (Å²) in [5.41, 5.74) is 1.06. The summed E-state index contributed by atoms with van der Waals surface area (Å²) in [6.45, 7) is 7.24. The number of rotatable bonds is 8. The second-order valence-corrected chi connectivity index (χ2v) is 6.97. The van der Waals surface area contributed by atoms with E-state index in [1.807, 2.05) is 26.2 Å². The number of aromatic nitrogens is 2. The third-order valence-corrected chi connectivity index (χ3v) is 3.71. The molecule has 124 valence electrons. The van der Waals surface area contributed by atoms with Crippen molar-refractivity contribution >= 4 is 23.6 Å². The lowest BCUT2D eigenvalue weighted by molar-refractivity contribution is -0.124. The van der Waals surface area contributed by atoms with Crippen molar-refractivity contribution in [2.24, 2.45) is 0 Å². The molecule has 7 heteroatoms. The number of nitrogens with one attached hydrogen (secondary N) is 2. The van der Waals surface area contributed by atoms with Gasteiger partial charge >= 0.3 is 0 Å². The van der Waals surface area contributed by atoms with Gasteiger partial charge in [-0.3, -0.25) is 4.79 Å². The summed E-state index contributed by atoms with van der Waals surface area (Å²) in [5, 5.41) is 15.3. The van der Waals surface area contributed by atoms with Crippen LogP contribution in [-0.2, 0) is 4.79 Å². The van der Waals surface area contributed by atoms with E-state index in [2.05, 4.69) is 20.6 Å². The van der Waals surface area contributed by atoms with E-state index in [0.29, 0.717) is 12.4 Å². The van der Waals surface area contributed by atoms with Crippen LogP contribution in [0.2, 0.25) is 0 Å². The fourth-order valence-electron chi connectivity index (χ4n) is 1.91. The van der Waals surface area contributed by atoms with Crippen molar-refractivity contribution < 1.29 is 9.90 Å². The first-order valence-electron chi connectivity index (χ1n) is 7.28. The highest BCUT2D eigenvalue weighted by molar-refractivity contribution is 7.98. The van der Waals surface area contributed by atoms with Crippen molar-refractivity contribution in [3.63, 3.8) is 0 Å². The van der Waals surface area contributed by atoms with Gasteiger partial charge in [0.25, 0.3) is 0 Å². The van der Waals surface area contributed by atoms with Crippen LogP contribution < -0.4 is 10.6 Å². The molecule has 1 aromatic rings. The molecule has 1 heterocycles. The summed E-state index contributed by atoms with van der Waals surface area (Å²) < 4.78 is 0. The average Bonchev–Trinajstić information content (AvgIpc) is 2.41. The predicted octanol–water partition coefficient (Wildman–Crippen LogP) is 1.51. The SMILES string of the molecule is CSCC[C@@H](Nc1nc(C)cc(C)n1)C(=O)NC(C)(C)CO. The summed E-state index contributed by atoms with van der Waals surface area (Å²) in [6.07, 6.45) is 2.66. The van der Waals surface area contributed by atoms with Crippen molar-refractivity contribution in [3.05, 3.63) is 17.5 Å². The van der Waals surface area contributed by atoms with Gasteiger partial charge in [0.15, 0.2) is 0 Å². The highest BCUT2D eigenvalue weighted by Gasteiger charge is 2.25. The van der Waals surface area contributed by atoms with Crippen LogP contribution in [0.5, 0.6) is 0 Å². The lowest BCUT2D eigenvalue weighted by Crippen LogP contribution is -2.52. The predicted molar refractivity (Wildman–Crippen MR) is 91.2 cm³/mol. The zero-order valence-electron chi connectivity index (χ0n) is 13.9. The number of thioether (sulfide) groups is 1. The Labute approximate surface area is 136 Å². The van der Waals surface area contributed by atoms with Gasteiger partial charge in [0.05, 0.1) is 12.1 Å². The molecule has 0 aliphatic rings. The fraction of sp³-hybridized carbons (Fsp3) is 0.667. The molecule has 0 fully saturated rings. The third-order valence-electron chi connectivity index (χ3n) is 3.07. The molecule has 0 aliphatic carbocycles. The van der Waals surface area contributed by atoms with E-state index in [4.69, 9.17) is 0 Å². The molecule has 0 aliphatic heterocycles. The molecule has 6 nitrogen and oxygen atoms in total. The molecular formula is C15H26N4O2S. The van der Waals surface area contributed by atoms with Gasteiger partial charge in [-0.15, -0.1) is 0 Å². The summed E-state index contributed by atoms with van der Waals surface area (Å²) in [5.74, 6) is 1.14. The fourth-order valence-corrected chi connectivity index (χ4v) is 2.38. The van der Waals surface area contributed by atoms with Crippen LogP contribution >= 0.6 is 11.8 Å². The van der Waals surface area contributed by atoms with E-state index in [9.17, 15) is 9.90 Å². The smallest absolute Gasteiger partial charge is 0.243 e. The Balaban J connectivity index is 2.85. The number of nitrogens with zero attached hydrogens (tertiary/aromatic N) is 2. The van der Waals surface area contributed by atoms with Gasteiger partial charge in [0.1, 0.15) is 6.04 Å². The quantitative estimate of drug-likeness (QED) is 0.671. The largest absolute Gasteiger partial charge is 0.394 e. The average molecular weight is 326 g/mol. The van der Waals surface area contributed by atoms with Crippen LogP contribution in [0.25, 0.3) is 0 Å². The number of amides is 1. The highest BCUT2D eigenvalue weighted by Crippen LogP contribution is 2.11. The molecule has 1 rings (SSSR count). The lowest BCUT2D eigenvalue weighted by atomic mass is 10.1. The van der Waals surface area contributed by atoms with Gasteiger partial charge in [-0.1, -0.05) is 0 Å². The monoisotopic (exact) mass is 326 g/mol. The van der Waals surface area contributed by atoms with Crippen LogP contribution in [0.15, 0.2) is 6.07 Å². The Morgan fingerprint density at radius 1 is 1.36 bits per heavy atom. The number of carbonyl (C=O) groups is 1. The van der Waals surface area contributed by atoms with Crippen LogP contribution in [-0.4, -0.2) is 51.2 Å². The van der Waals surface area contributed by atoms with E-state index < -0.39 is 11.6 Å². The second-order valence-electron chi connectivity index (χ2n) is 5.98. The summed E-state index contributed by atoms with van der Waals surface area (Å²) in [7, 11) is 0. The van der Waals surface area contributed by atoms with Crippen molar-refractivity contribution in [1.29, 1.82) is 0 Å². The Morgan fingerprint density at radius 3 is 2.45 bits per heavy atom. The van der Waals surface area contributed by atoms with Crippen LogP contribution in [0, 0.1) is 13.8 Å². The van der Waals surface area contributed by atoms with Crippen LogP contribution in [0.3, 0.4) is 0 Å². The van der Waals surface area contributed by atoms with Crippen LogP contribution in [0.4, 0.5) is 5.95 Å². The van der Waals surface area contributed by atoms with E-state index in [-0.39, 0.29) is 12.5 Å². The molecule has 0 spiro atoms. The normalized spacial score (nSPS) is 12.8. The van der Waals surface area contributed by atoms with Crippen molar-refractivity contribution in [3.8, 4) is 0 Å². The molecule has 1 amide bonds. The summed E-state index contributed by atoms with van der Waals surface area (Å²) >= 11 is 1.68. The number of carbonyl (C=O) groups excluding carboxylic acids is 1. The number of hydrogen-bond acceptors (Lipinski definition) is 6. The Morgan fingerprint density at radius 2 is 1.95 bits per heavy atom. The molecule has 1 aromatic heterocycles. The number of aryl methyl sites for hydroxylation is 2. The second kappa shape index (κ2) is 8.33. The first kappa shape index (κ1) is 18.7. The molecular weight excluding hydrogens is 300 g/mol. The maximum Gasteiger partial charge on any atom is 0.243 e. The van der Waals surface area contributed by atoms with Gasteiger partial charge in [-0.2, -0.15) is 11.8 Å². The van der Waals surface area contributed by atoms with E-state index >= 15 is 0 Å². The molecule has 0 bridgehead atoms. The Bertz CT molecular complexity index is 488. The maximum absolute atomic E-state index is 12.4. The molecule has 0 saturated heterocycles. The van der Waals surface area contributed by atoms with Gasteiger partial charge in [-0.25, -0.2) is 9.97 Å². The minimum atomic E-state index is -0.653. The Hall–Kier alpha value is -1.34. The third kappa shape index (κ3) is 6.19. The van der Waals surface area contributed by atoms with Gasteiger partial charge in [-0.05, 0) is 52.2 Å². The minimum absolute atomic E-state index is 0.117.